The molecular weight excluding hydrogens is 371 g/mol. The molecule has 0 saturated carbocycles. The summed E-state index contributed by atoms with van der Waals surface area (Å²) in [5.74, 6) is -11.0. The monoisotopic (exact) mass is 384 g/mol. The Morgan fingerprint density at radius 1 is 0.963 bits per heavy atom. The van der Waals surface area contributed by atoms with Crippen molar-refractivity contribution in [2.45, 2.75) is 0 Å². The van der Waals surface area contributed by atoms with Gasteiger partial charge in [0.1, 0.15) is 18.0 Å². The highest BCUT2D eigenvalue weighted by Gasteiger charge is 2.25. The molecule has 2 aromatic rings. The van der Waals surface area contributed by atoms with Crippen LogP contribution in [0, 0.1) is 29.1 Å². The van der Waals surface area contributed by atoms with Gasteiger partial charge in [0.15, 0.2) is 23.3 Å². The molecule has 2 rings (SSSR count). The average molecular weight is 384 g/mol. The Kier molecular flexibility index (Phi) is 6.53. The highest BCUT2D eigenvalue weighted by Crippen LogP contribution is 2.26. The predicted octanol–water partition coefficient (Wildman–Crippen LogP) is 4.10. The van der Waals surface area contributed by atoms with Gasteiger partial charge in [-0.05, 0) is 23.8 Å². The lowest BCUT2D eigenvalue weighted by Gasteiger charge is -2.10. The summed E-state index contributed by atoms with van der Waals surface area (Å²) < 4.78 is 71.3. The molecule has 0 aliphatic rings. The predicted molar refractivity (Wildman–Crippen MR) is 89.2 cm³/mol. The molecule has 1 amide bonds. The summed E-state index contributed by atoms with van der Waals surface area (Å²) in [6, 6.07) is 6.57. The standard InChI is InChI=1S/C18H13F5N2O2/c1-2-9-27-11-6-3-10(4-7-11)5-8-12(26)24-25-18-16(22)14(20)13(19)15(21)17(18)23/h2-8,25H,1,9H2,(H,24,26)/b8-5+. The summed E-state index contributed by atoms with van der Waals surface area (Å²) in [4.78, 5) is 11.7. The first-order valence-corrected chi connectivity index (χ1v) is 7.44. The topological polar surface area (TPSA) is 50.4 Å². The Labute approximate surface area is 150 Å². The lowest BCUT2D eigenvalue weighted by molar-refractivity contribution is -0.116. The second kappa shape index (κ2) is 8.84. The first kappa shape index (κ1) is 20.0. The number of hydrogen-bond donors (Lipinski definition) is 2. The third kappa shape index (κ3) is 4.84. The van der Waals surface area contributed by atoms with E-state index in [2.05, 4.69) is 6.58 Å². The number of anilines is 1. The first-order valence-electron chi connectivity index (χ1n) is 7.44. The zero-order valence-electron chi connectivity index (χ0n) is 13.7. The maximum atomic E-state index is 13.5. The van der Waals surface area contributed by atoms with E-state index in [1.807, 2.05) is 5.43 Å². The summed E-state index contributed by atoms with van der Waals surface area (Å²) in [5, 5.41) is 0. The second-order valence-electron chi connectivity index (χ2n) is 5.06. The Hall–Kier alpha value is -3.36. The van der Waals surface area contributed by atoms with Crippen LogP contribution < -0.4 is 15.6 Å². The van der Waals surface area contributed by atoms with Gasteiger partial charge in [0.25, 0.3) is 5.91 Å². The second-order valence-corrected chi connectivity index (χ2v) is 5.06. The van der Waals surface area contributed by atoms with Crippen LogP contribution >= 0.6 is 0 Å². The molecule has 2 aromatic carbocycles. The largest absolute Gasteiger partial charge is 0.490 e. The molecule has 4 nitrogen and oxygen atoms in total. The van der Waals surface area contributed by atoms with Crippen molar-refractivity contribution in [3.8, 4) is 5.75 Å². The van der Waals surface area contributed by atoms with Gasteiger partial charge in [-0.15, -0.1) is 0 Å². The summed E-state index contributed by atoms with van der Waals surface area (Å²) in [6.07, 6.45) is 3.95. The molecule has 0 bridgehead atoms. The van der Waals surface area contributed by atoms with Gasteiger partial charge in [0.05, 0.1) is 0 Å². The fourth-order valence-corrected chi connectivity index (χ4v) is 1.88. The number of amides is 1. The molecule has 0 unspecified atom stereocenters. The maximum absolute atomic E-state index is 13.5. The Balaban J connectivity index is 2.00. The van der Waals surface area contributed by atoms with Crippen LogP contribution in [0.25, 0.3) is 6.08 Å². The zero-order valence-corrected chi connectivity index (χ0v) is 13.7. The number of halogens is 5. The number of carbonyl (C=O) groups is 1. The molecule has 0 spiro atoms. The van der Waals surface area contributed by atoms with Crippen molar-refractivity contribution < 1.29 is 31.5 Å². The SMILES string of the molecule is C=CCOc1ccc(/C=C/C(=O)NNc2c(F)c(F)c(F)c(F)c2F)cc1. The molecule has 27 heavy (non-hydrogen) atoms. The van der Waals surface area contributed by atoms with Crippen LogP contribution in [0.5, 0.6) is 5.75 Å². The van der Waals surface area contributed by atoms with Gasteiger partial charge in [-0.1, -0.05) is 24.8 Å². The van der Waals surface area contributed by atoms with Crippen molar-refractivity contribution in [1.82, 2.24) is 5.43 Å². The zero-order chi connectivity index (χ0) is 20.0. The van der Waals surface area contributed by atoms with Crippen LogP contribution in [0.3, 0.4) is 0 Å². The van der Waals surface area contributed by atoms with Gasteiger partial charge >= 0.3 is 0 Å². The fourth-order valence-electron chi connectivity index (χ4n) is 1.88. The quantitative estimate of drug-likeness (QED) is 0.189. The van der Waals surface area contributed by atoms with Gasteiger partial charge in [0, 0.05) is 6.08 Å². The van der Waals surface area contributed by atoms with Crippen LogP contribution in [0.1, 0.15) is 5.56 Å². The van der Waals surface area contributed by atoms with E-state index in [-0.39, 0.29) is 0 Å². The number of hydrazine groups is 1. The smallest absolute Gasteiger partial charge is 0.262 e. The minimum atomic E-state index is -2.29. The third-order valence-corrected chi connectivity index (χ3v) is 3.20. The summed E-state index contributed by atoms with van der Waals surface area (Å²) in [6.45, 7) is 3.85. The van der Waals surface area contributed by atoms with Crippen LogP contribution in [0.4, 0.5) is 27.6 Å². The molecule has 0 heterocycles. The van der Waals surface area contributed by atoms with Gasteiger partial charge in [-0.25, -0.2) is 22.0 Å². The molecule has 0 saturated heterocycles. The van der Waals surface area contributed by atoms with Crippen molar-refractivity contribution in [3.63, 3.8) is 0 Å². The van der Waals surface area contributed by atoms with Gasteiger partial charge in [0.2, 0.25) is 5.82 Å². The van der Waals surface area contributed by atoms with E-state index in [1.165, 1.54) is 6.08 Å². The normalized spacial score (nSPS) is 10.7. The number of rotatable bonds is 7. The highest BCUT2D eigenvalue weighted by atomic mass is 19.2. The van der Waals surface area contributed by atoms with Crippen molar-refractivity contribution in [2.24, 2.45) is 0 Å². The lowest BCUT2D eigenvalue weighted by atomic mass is 10.2. The molecule has 0 aliphatic carbocycles. The van der Waals surface area contributed by atoms with E-state index in [0.29, 0.717) is 17.9 Å². The number of nitrogens with one attached hydrogen (secondary N) is 2. The highest BCUT2D eigenvalue weighted by molar-refractivity contribution is 5.92. The number of carbonyl (C=O) groups excluding carboxylic acids is 1. The minimum absolute atomic E-state index is 0.334. The molecule has 142 valence electrons. The van der Waals surface area contributed by atoms with Crippen molar-refractivity contribution in [1.29, 1.82) is 0 Å². The average Bonchev–Trinajstić information content (AvgIpc) is 2.68. The van der Waals surface area contributed by atoms with E-state index in [9.17, 15) is 26.7 Å². The van der Waals surface area contributed by atoms with E-state index >= 15 is 0 Å². The third-order valence-electron chi connectivity index (χ3n) is 3.20. The Morgan fingerprint density at radius 2 is 1.52 bits per heavy atom. The van der Waals surface area contributed by atoms with Gasteiger partial charge < -0.3 is 4.74 Å². The van der Waals surface area contributed by atoms with E-state index in [1.54, 1.807) is 35.8 Å². The number of hydrogen-bond acceptors (Lipinski definition) is 3. The van der Waals surface area contributed by atoms with Gasteiger partial charge in [-0.3, -0.25) is 15.6 Å². The molecule has 2 N–H and O–H groups in total. The fraction of sp³-hybridized carbons (Fsp3) is 0.0556. The first-order chi connectivity index (χ1) is 12.8. The molecule has 9 heteroatoms. The molecular formula is C18H13F5N2O2. The molecule has 0 aliphatic heterocycles. The van der Waals surface area contributed by atoms with Crippen molar-refractivity contribution in [2.75, 3.05) is 12.0 Å². The number of ether oxygens (including phenoxy) is 1. The van der Waals surface area contributed by atoms with Crippen molar-refractivity contribution >= 4 is 17.7 Å². The van der Waals surface area contributed by atoms with Crippen molar-refractivity contribution in [3.05, 3.63) is 77.6 Å². The number of benzene rings is 2. The van der Waals surface area contributed by atoms with E-state index in [0.717, 1.165) is 6.08 Å². The summed E-state index contributed by atoms with van der Waals surface area (Å²) in [7, 11) is 0. The maximum Gasteiger partial charge on any atom is 0.262 e. The molecule has 0 atom stereocenters. The van der Waals surface area contributed by atoms with E-state index in [4.69, 9.17) is 4.74 Å². The lowest BCUT2D eigenvalue weighted by Crippen LogP contribution is -2.29. The Morgan fingerprint density at radius 3 is 2.07 bits per heavy atom. The van der Waals surface area contributed by atoms with Crippen LogP contribution in [-0.2, 0) is 4.79 Å². The minimum Gasteiger partial charge on any atom is -0.490 e. The molecule has 0 radical (unpaired) electrons. The van der Waals surface area contributed by atoms with Crippen LogP contribution in [0.15, 0.2) is 43.0 Å². The van der Waals surface area contributed by atoms with Crippen LogP contribution in [-0.4, -0.2) is 12.5 Å². The Bertz CT molecular complexity index is 853. The molecule has 0 aromatic heterocycles. The molecule has 0 fully saturated rings. The van der Waals surface area contributed by atoms with E-state index < -0.39 is 40.7 Å². The summed E-state index contributed by atoms with van der Waals surface area (Å²) in [5.41, 5.74) is 2.74. The van der Waals surface area contributed by atoms with Crippen LogP contribution in [0.2, 0.25) is 0 Å². The van der Waals surface area contributed by atoms with Gasteiger partial charge in [-0.2, -0.15) is 0 Å². The summed E-state index contributed by atoms with van der Waals surface area (Å²) >= 11 is 0.